The van der Waals surface area contributed by atoms with Crippen LogP contribution in [0.1, 0.15) is 27.5 Å². The molecule has 1 heterocycles. The number of rotatable bonds is 5. The third-order valence-electron chi connectivity index (χ3n) is 2.06. The highest BCUT2D eigenvalue weighted by Crippen LogP contribution is 2.13. The van der Waals surface area contributed by atoms with Crippen molar-refractivity contribution in [3.05, 3.63) is 16.1 Å². The normalized spacial score (nSPS) is 10.1. The molecule has 1 N–H and O–H groups in total. The van der Waals surface area contributed by atoms with E-state index in [-0.39, 0.29) is 12.3 Å². The molecule has 6 heteroatoms. The maximum atomic E-state index is 11.8. The van der Waals surface area contributed by atoms with E-state index in [1.54, 1.807) is 13.2 Å². The third kappa shape index (κ3) is 3.62. The van der Waals surface area contributed by atoms with Crippen LogP contribution in [-0.2, 0) is 4.79 Å². The number of hydrogen-bond acceptors (Lipinski definition) is 4. The fourth-order valence-electron chi connectivity index (χ4n) is 1.22. The van der Waals surface area contributed by atoms with Crippen molar-refractivity contribution in [2.24, 2.45) is 0 Å². The van der Waals surface area contributed by atoms with Crippen molar-refractivity contribution in [2.75, 3.05) is 13.6 Å². The number of thiazole rings is 1. The topological polar surface area (TPSA) is 70.5 Å². The molecule has 1 aromatic rings. The SMILES string of the molecule is Cc1ncc(C(=O)N(C)CCCC(=O)O)s1. The van der Waals surface area contributed by atoms with Crippen LogP contribution in [0.3, 0.4) is 0 Å². The molecule has 0 bridgehead atoms. The van der Waals surface area contributed by atoms with Gasteiger partial charge >= 0.3 is 5.97 Å². The molecule has 0 saturated carbocycles. The maximum Gasteiger partial charge on any atom is 0.303 e. The van der Waals surface area contributed by atoms with E-state index in [4.69, 9.17) is 5.11 Å². The monoisotopic (exact) mass is 242 g/mol. The first-order valence-electron chi connectivity index (χ1n) is 4.90. The van der Waals surface area contributed by atoms with Crippen LogP contribution in [0.4, 0.5) is 0 Å². The zero-order chi connectivity index (χ0) is 12.1. The Kier molecular flexibility index (Phi) is 4.42. The highest BCUT2D eigenvalue weighted by atomic mass is 32.1. The van der Waals surface area contributed by atoms with Crippen molar-refractivity contribution in [3.63, 3.8) is 0 Å². The molecule has 1 rings (SSSR count). The largest absolute Gasteiger partial charge is 0.481 e. The van der Waals surface area contributed by atoms with Gasteiger partial charge in [0.1, 0.15) is 4.88 Å². The Bertz CT molecular complexity index is 389. The standard InChI is InChI=1S/C10H14N2O3S/c1-7-11-6-8(16-7)10(15)12(2)5-3-4-9(13)14/h6H,3-5H2,1-2H3,(H,13,14). The number of aliphatic carboxylic acids is 1. The number of aryl methyl sites for hydroxylation is 1. The van der Waals surface area contributed by atoms with Gasteiger partial charge in [0, 0.05) is 20.0 Å². The van der Waals surface area contributed by atoms with Gasteiger partial charge in [-0.2, -0.15) is 0 Å². The summed E-state index contributed by atoms with van der Waals surface area (Å²) in [5.74, 6) is -0.939. The predicted molar refractivity (Wildman–Crippen MR) is 60.7 cm³/mol. The van der Waals surface area contributed by atoms with E-state index in [1.165, 1.54) is 16.2 Å². The van der Waals surface area contributed by atoms with E-state index in [2.05, 4.69) is 4.98 Å². The quantitative estimate of drug-likeness (QED) is 0.847. The second-order valence-electron chi connectivity index (χ2n) is 3.47. The molecule has 88 valence electrons. The molecule has 0 fully saturated rings. The number of amides is 1. The number of carbonyl (C=O) groups excluding carboxylic acids is 1. The average Bonchev–Trinajstić information content (AvgIpc) is 2.63. The lowest BCUT2D eigenvalue weighted by atomic mass is 10.3. The van der Waals surface area contributed by atoms with E-state index < -0.39 is 5.97 Å². The second kappa shape index (κ2) is 5.60. The van der Waals surface area contributed by atoms with Crippen LogP contribution in [0.25, 0.3) is 0 Å². The van der Waals surface area contributed by atoms with Crippen LogP contribution in [0, 0.1) is 6.92 Å². The van der Waals surface area contributed by atoms with E-state index in [0.717, 1.165) is 5.01 Å². The minimum absolute atomic E-state index is 0.0827. The lowest BCUT2D eigenvalue weighted by Gasteiger charge is -2.14. The zero-order valence-electron chi connectivity index (χ0n) is 9.27. The lowest BCUT2D eigenvalue weighted by Crippen LogP contribution is -2.27. The molecule has 0 aliphatic heterocycles. The van der Waals surface area contributed by atoms with E-state index >= 15 is 0 Å². The van der Waals surface area contributed by atoms with Gasteiger partial charge in [-0.25, -0.2) is 4.98 Å². The van der Waals surface area contributed by atoms with Gasteiger partial charge < -0.3 is 10.0 Å². The summed E-state index contributed by atoms with van der Waals surface area (Å²) < 4.78 is 0. The van der Waals surface area contributed by atoms with E-state index in [9.17, 15) is 9.59 Å². The third-order valence-corrected chi connectivity index (χ3v) is 2.96. The smallest absolute Gasteiger partial charge is 0.303 e. The fourth-order valence-corrected chi connectivity index (χ4v) is 1.99. The molecule has 0 radical (unpaired) electrons. The Balaban J connectivity index is 2.45. The van der Waals surface area contributed by atoms with Crippen LogP contribution in [0.2, 0.25) is 0 Å². The molecule has 0 aliphatic rings. The molecule has 0 aromatic carbocycles. The van der Waals surface area contributed by atoms with Crippen molar-refractivity contribution < 1.29 is 14.7 Å². The molecule has 0 spiro atoms. The highest BCUT2D eigenvalue weighted by molar-refractivity contribution is 7.13. The maximum absolute atomic E-state index is 11.8. The first kappa shape index (κ1) is 12.6. The lowest BCUT2D eigenvalue weighted by molar-refractivity contribution is -0.137. The van der Waals surface area contributed by atoms with Crippen molar-refractivity contribution >= 4 is 23.2 Å². The van der Waals surface area contributed by atoms with Gasteiger partial charge in [-0.3, -0.25) is 9.59 Å². The van der Waals surface area contributed by atoms with Gasteiger partial charge in [0.05, 0.1) is 11.2 Å². The van der Waals surface area contributed by atoms with Gasteiger partial charge in [-0.15, -0.1) is 11.3 Å². The molecular weight excluding hydrogens is 228 g/mol. The van der Waals surface area contributed by atoms with Crippen molar-refractivity contribution in [3.8, 4) is 0 Å². The first-order valence-corrected chi connectivity index (χ1v) is 5.72. The Hall–Kier alpha value is -1.43. The molecule has 0 atom stereocenters. The van der Waals surface area contributed by atoms with Crippen LogP contribution in [-0.4, -0.2) is 40.5 Å². The van der Waals surface area contributed by atoms with Gasteiger partial charge in [0.15, 0.2) is 0 Å². The number of nitrogens with zero attached hydrogens (tertiary/aromatic N) is 2. The van der Waals surface area contributed by atoms with E-state index in [1.807, 2.05) is 6.92 Å². The van der Waals surface area contributed by atoms with Crippen LogP contribution >= 0.6 is 11.3 Å². The summed E-state index contributed by atoms with van der Waals surface area (Å²) in [6.45, 7) is 2.29. The summed E-state index contributed by atoms with van der Waals surface area (Å²) in [6, 6.07) is 0. The van der Waals surface area contributed by atoms with Crippen molar-refractivity contribution in [2.45, 2.75) is 19.8 Å². The molecule has 0 aliphatic carbocycles. The first-order chi connectivity index (χ1) is 7.50. The molecule has 0 saturated heterocycles. The summed E-state index contributed by atoms with van der Waals surface area (Å²) >= 11 is 1.35. The Labute approximate surface area is 97.7 Å². The molecule has 16 heavy (non-hydrogen) atoms. The number of aromatic nitrogens is 1. The Morgan fingerprint density at radius 3 is 2.75 bits per heavy atom. The van der Waals surface area contributed by atoms with Crippen LogP contribution in [0.15, 0.2) is 6.20 Å². The Morgan fingerprint density at radius 1 is 1.56 bits per heavy atom. The second-order valence-corrected chi connectivity index (χ2v) is 4.70. The Morgan fingerprint density at radius 2 is 2.25 bits per heavy atom. The number of carbonyl (C=O) groups is 2. The van der Waals surface area contributed by atoms with Gasteiger partial charge in [-0.1, -0.05) is 0 Å². The highest BCUT2D eigenvalue weighted by Gasteiger charge is 2.14. The van der Waals surface area contributed by atoms with Gasteiger partial charge in [0.2, 0.25) is 0 Å². The van der Waals surface area contributed by atoms with Crippen molar-refractivity contribution in [1.82, 2.24) is 9.88 Å². The molecule has 1 amide bonds. The summed E-state index contributed by atoms with van der Waals surface area (Å²) in [6.07, 6.45) is 2.10. The predicted octanol–water partition coefficient (Wildman–Crippen LogP) is 1.39. The summed E-state index contributed by atoms with van der Waals surface area (Å²) in [5.41, 5.74) is 0. The number of carboxylic acids is 1. The van der Waals surface area contributed by atoms with Gasteiger partial charge in [0.25, 0.3) is 5.91 Å². The zero-order valence-corrected chi connectivity index (χ0v) is 10.1. The molecule has 5 nitrogen and oxygen atoms in total. The fraction of sp³-hybridized carbons (Fsp3) is 0.500. The minimum Gasteiger partial charge on any atom is -0.481 e. The number of hydrogen-bond donors (Lipinski definition) is 1. The molecule has 1 aromatic heterocycles. The van der Waals surface area contributed by atoms with Crippen LogP contribution < -0.4 is 0 Å². The minimum atomic E-state index is -0.838. The van der Waals surface area contributed by atoms with E-state index in [0.29, 0.717) is 17.8 Å². The summed E-state index contributed by atoms with van der Waals surface area (Å²) in [5, 5.41) is 9.32. The van der Waals surface area contributed by atoms with Gasteiger partial charge in [-0.05, 0) is 13.3 Å². The number of carboxylic acid groups (broad SMARTS) is 1. The summed E-state index contributed by atoms with van der Waals surface area (Å²) in [4.78, 5) is 28.2. The van der Waals surface area contributed by atoms with Crippen molar-refractivity contribution in [1.29, 1.82) is 0 Å². The van der Waals surface area contributed by atoms with Crippen LogP contribution in [0.5, 0.6) is 0 Å². The molecule has 0 unspecified atom stereocenters. The molecular formula is C10H14N2O3S. The summed E-state index contributed by atoms with van der Waals surface area (Å²) in [7, 11) is 1.67. The average molecular weight is 242 g/mol.